The zero-order chi connectivity index (χ0) is 14.5. The predicted molar refractivity (Wildman–Crippen MR) is 77.2 cm³/mol. The van der Waals surface area contributed by atoms with E-state index in [1.807, 2.05) is 7.11 Å². The Hall–Kier alpha value is -0.830. The van der Waals surface area contributed by atoms with Crippen LogP contribution in [0.5, 0.6) is 0 Å². The Kier molecular flexibility index (Phi) is 3.24. The van der Waals surface area contributed by atoms with Crippen LogP contribution < -0.4 is 0 Å². The van der Waals surface area contributed by atoms with Crippen molar-refractivity contribution in [3.63, 3.8) is 0 Å². The summed E-state index contributed by atoms with van der Waals surface area (Å²) in [6.45, 7) is 7.63. The number of carbonyl (C=O) groups is 1. The van der Waals surface area contributed by atoms with Gasteiger partial charge in [-0.05, 0) is 51.4 Å². The van der Waals surface area contributed by atoms with Crippen LogP contribution in [-0.2, 0) is 14.3 Å². The minimum Gasteiger partial charge on any atom is -0.455 e. The third-order valence-corrected chi connectivity index (χ3v) is 6.13. The number of hydrogen-bond donors (Lipinski definition) is 0. The number of hydrogen-bond acceptors (Lipinski definition) is 3. The maximum absolute atomic E-state index is 12.1. The lowest BCUT2D eigenvalue weighted by Gasteiger charge is -2.63. The van der Waals surface area contributed by atoms with Crippen molar-refractivity contribution in [3.8, 4) is 0 Å². The van der Waals surface area contributed by atoms with E-state index >= 15 is 0 Å². The fourth-order valence-electron chi connectivity index (χ4n) is 5.31. The second kappa shape index (κ2) is 4.59. The van der Waals surface area contributed by atoms with E-state index in [1.54, 1.807) is 6.92 Å². The first kappa shape index (κ1) is 14.1. The van der Waals surface area contributed by atoms with Crippen LogP contribution in [0.25, 0.3) is 0 Å². The molecule has 0 saturated heterocycles. The number of esters is 1. The highest BCUT2D eigenvalue weighted by molar-refractivity contribution is 5.87. The minimum absolute atomic E-state index is 0.0603. The number of methoxy groups -OCH3 is 1. The summed E-state index contributed by atoms with van der Waals surface area (Å²) in [5.41, 5.74) is 0.299. The molecule has 4 aliphatic rings. The Balaban J connectivity index is 1.90. The molecule has 0 N–H and O–H groups in total. The van der Waals surface area contributed by atoms with E-state index in [1.165, 1.54) is 19.3 Å². The first-order valence-corrected chi connectivity index (χ1v) is 7.88. The average molecular weight is 278 g/mol. The molecule has 2 unspecified atom stereocenters. The molecule has 112 valence electrons. The highest BCUT2D eigenvalue weighted by atomic mass is 16.6. The monoisotopic (exact) mass is 278 g/mol. The molecule has 3 nitrogen and oxygen atoms in total. The van der Waals surface area contributed by atoms with Gasteiger partial charge in [0.15, 0.2) is 0 Å². The smallest absolute Gasteiger partial charge is 0.333 e. The van der Waals surface area contributed by atoms with Gasteiger partial charge in [0.1, 0.15) is 5.60 Å². The van der Waals surface area contributed by atoms with E-state index < -0.39 is 0 Å². The predicted octanol–water partition coefficient (Wildman–Crippen LogP) is 3.48. The molecule has 0 amide bonds. The molecule has 0 aliphatic heterocycles. The first-order chi connectivity index (χ1) is 9.44. The molecule has 0 aromatic heterocycles. The van der Waals surface area contributed by atoms with Crippen molar-refractivity contribution in [3.05, 3.63) is 12.2 Å². The van der Waals surface area contributed by atoms with Gasteiger partial charge in [-0.25, -0.2) is 4.79 Å². The molecule has 4 rings (SSSR count). The normalized spacial score (nSPS) is 45.5. The van der Waals surface area contributed by atoms with Gasteiger partial charge in [0.05, 0.1) is 5.60 Å². The van der Waals surface area contributed by atoms with Crippen molar-refractivity contribution in [2.24, 2.45) is 17.8 Å². The topological polar surface area (TPSA) is 35.5 Å². The maximum atomic E-state index is 12.1. The van der Waals surface area contributed by atoms with E-state index in [9.17, 15) is 4.79 Å². The molecule has 4 bridgehead atoms. The second-order valence-electron chi connectivity index (χ2n) is 7.21. The first-order valence-electron chi connectivity index (χ1n) is 7.88. The van der Waals surface area contributed by atoms with Gasteiger partial charge < -0.3 is 9.47 Å². The van der Waals surface area contributed by atoms with Crippen molar-refractivity contribution < 1.29 is 14.3 Å². The van der Waals surface area contributed by atoms with E-state index in [-0.39, 0.29) is 17.2 Å². The standard InChI is InChI=1S/C17H26O3/c1-5-17(20-15(18)11(2)3)13-6-12-7-14(17)10-16(8-12,9-13)19-4/h12-14H,2,5-10H2,1,3-4H3. The summed E-state index contributed by atoms with van der Waals surface area (Å²) in [4.78, 5) is 12.1. The molecular formula is C17H26O3. The second-order valence-corrected chi connectivity index (χ2v) is 7.21. The van der Waals surface area contributed by atoms with Gasteiger partial charge >= 0.3 is 5.97 Å². The number of carbonyl (C=O) groups excluding carboxylic acids is 1. The van der Waals surface area contributed by atoms with Crippen LogP contribution in [0.15, 0.2) is 12.2 Å². The molecule has 0 radical (unpaired) electrons. The lowest BCUT2D eigenvalue weighted by Crippen LogP contribution is -2.65. The molecule has 4 aliphatic carbocycles. The molecule has 2 atom stereocenters. The molecule has 0 heterocycles. The lowest BCUT2D eigenvalue weighted by molar-refractivity contribution is -0.246. The van der Waals surface area contributed by atoms with Gasteiger partial charge in [-0.15, -0.1) is 0 Å². The van der Waals surface area contributed by atoms with Crippen LogP contribution in [0.3, 0.4) is 0 Å². The molecule has 3 heteroatoms. The third-order valence-electron chi connectivity index (χ3n) is 6.13. The van der Waals surface area contributed by atoms with Gasteiger partial charge in [-0.2, -0.15) is 0 Å². The van der Waals surface area contributed by atoms with Crippen LogP contribution in [0.1, 0.15) is 52.4 Å². The number of ether oxygens (including phenoxy) is 2. The summed E-state index contributed by atoms with van der Waals surface area (Å²) in [6, 6.07) is 0. The summed E-state index contributed by atoms with van der Waals surface area (Å²) in [7, 11) is 1.85. The largest absolute Gasteiger partial charge is 0.455 e. The fourth-order valence-corrected chi connectivity index (χ4v) is 5.31. The molecule has 4 fully saturated rings. The highest BCUT2D eigenvalue weighted by Gasteiger charge is 2.63. The van der Waals surface area contributed by atoms with E-state index in [2.05, 4.69) is 13.5 Å². The zero-order valence-corrected chi connectivity index (χ0v) is 12.9. The summed E-state index contributed by atoms with van der Waals surface area (Å²) in [5, 5.41) is 0. The quantitative estimate of drug-likeness (QED) is 0.583. The van der Waals surface area contributed by atoms with Gasteiger partial charge in [-0.3, -0.25) is 0 Å². The molecule has 0 aromatic carbocycles. The van der Waals surface area contributed by atoms with Gasteiger partial charge in [-0.1, -0.05) is 13.5 Å². The number of rotatable bonds is 4. The van der Waals surface area contributed by atoms with Gasteiger partial charge in [0.25, 0.3) is 0 Å². The Morgan fingerprint density at radius 3 is 2.30 bits per heavy atom. The van der Waals surface area contributed by atoms with Crippen LogP contribution in [-0.4, -0.2) is 24.3 Å². The van der Waals surface area contributed by atoms with E-state index in [0.717, 1.165) is 25.2 Å². The molecule has 4 saturated carbocycles. The van der Waals surface area contributed by atoms with Crippen LogP contribution in [0, 0.1) is 17.8 Å². The zero-order valence-electron chi connectivity index (χ0n) is 12.9. The molecule has 20 heavy (non-hydrogen) atoms. The fraction of sp³-hybridized carbons (Fsp3) is 0.824. The van der Waals surface area contributed by atoms with Crippen LogP contribution in [0.4, 0.5) is 0 Å². The molecule has 0 aromatic rings. The van der Waals surface area contributed by atoms with Crippen molar-refractivity contribution in [2.75, 3.05) is 7.11 Å². The molecular weight excluding hydrogens is 252 g/mol. The lowest BCUT2D eigenvalue weighted by atomic mass is 9.47. The summed E-state index contributed by atoms with van der Waals surface area (Å²) < 4.78 is 11.9. The minimum atomic E-state index is -0.269. The van der Waals surface area contributed by atoms with Crippen molar-refractivity contribution in [2.45, 2.75) is 63.6 Å². The van der Waals surface area contributed by atoms with Crippen LogP contribution in [0.2, 0.25) is 0 Å². The SMILES string of the molecule is C=C(C)C(=O)OC1(CC)C2CC3CC1CC(OC)(C3)C2. The highest BCUT2D eigenvalue weighted by Crippen LogP contribution is 2.63. The van der Waals surface area contributed by atoms with Gasteiger partial charge in [0.2, 0.25) is 0 Å². The van der Waals surface area contributed by atoms with Crippen LogP contribution >= 0.6 is 0 Å². The summed E-state index contributed by atoms with van der Waals surface area (Å²) in [5.74, 6) is 1.46. The average Bonchev–Trinajstić information content (AvgIpc) is 2.42. The van der Waals surface area contributed by atoms with E-state index in [4.69, 9.17) is 9.47 Å². The van der Waals surface area contributed by atoms with Crippen molar-refractivity contribution >= 4 is 5.97 Å². The summed E-state index contributed by atoms with van der Waals surface area (Å²) in [6.07, 6.45) is 6.60. The Morgan fingerprint density at radius 2 is 1.85 bits per heavy atom. The summed E-state index contributed by atoms with van der Waals surface area (Å²) >= 11 is 0. The van der Waals surface area contributed by atoms with E-state index in [0.29, 0.717) is 17.4 Å². The molecule has 0 spiro atoms. The van der Waals surface area contributed by atoms with Crippen molar-refractivity contribution in [1.82, 2.24) is 0 Å². The Labute approximate surface area is 121 Å². The van der Waals surface area contributed by atoms with Crippen molar-refractivity contribution in [1.29, 1.82) is 0 Å². The Bertz CT molecular complexity index is 424. The third kappa shape index (κ3) is 1.86. The Morgan fingerprint density at radius 1 is 1.25 bits per heavy atom. The maximum Gasteiger partial charge on any atom is 0.333 e. The van der Waals surface area contributed by atoms with Gasteiger partial charge in [0, 0.05) is 24.5 Å².